The zero-order chi connectivity index (χ0) is 19.6. The second-order valence-electron chi connectivity index (χ2n) is 7.99. The lowest BCUT2D eigenvalue weighted by atomic mass is 9.77. The number of nitrogens with one attached hydrogen (secondary N) is 1. The van der Waals surface area contributed by atoms with Gasteiger partial charge in [-0.05, 0) is 66.3 Å². The Morgan fingerprint density at radius 3 is 2.72 bits per heavy atom. The molecule has 2 aliphatic rings. The van der Waals surface area contributed by atoms with Crippen LogP contribution in [-0.4, -0.2) is 64.3 Å². The van der Waals surface area contributed by atoms with E-state index < -0.39 is 6.04 Å². The topological polar surface area (TPSA) is 85.2 Å². The normalized spacial score (nSPS) is 19.0. The van der Waals surface area contributed by atoms with Gasteiger partial charge >= 0.3 is 0 Å². The smallest absolute Gasteiger partial charge is 0.247 e. The van der Waals surface area contributed by atoms with E-state index in [1.807, 2.05) is 36.1 Å². The highest BCUT2D eigenvalue weighted by Crippen LogP contribution is 2.37. The maximum Gasteiger partial charge on any atom is 0.247 e. The summed E-state index contributed by atoms with van der Waals surface area (Å²) >= 11 is 0. The Labute approximate surface area is 177 Å². The van der Waals surface area contributed by atoms with Crippen LogP contribution in [0.3, 0.4) is 0 Å². The van der Waals surface area contributed by atoms with Crippen LogP contribution in [0.25, 0.3) is 0 Å². The molecule has 3 heterocycles. The van der Waals surface area contributed by atoms with E-state index in [1.54, 1.807) is 11.8 Å². The van der Waals surface area contributed by atoms with E-state index >= 15 is 0 Å². The number of halogens is 1. The Bertz CT molecular complexity index is 826. The summed E-state index contributed by atoms with van der Waals surface area (Å²) in [6.07, 6.45) is 3.87. The maximum absolute atomic E-state index is 13.5. The molecule has 158 valence electrons. The Hall–Kier alpha value is -2.19. The lowest BCUT2D eigenvalue weighted by Gasteiger charge is -2.40. The highest BCUT2D eigenvalue weighted by atomic mass is 35.5. The molecule has 0 saturated carbocycles. The highest BCUT2D eigenvalue weighted by Gasteiger charge is 2.39. The van der Waals surface area contributed by atoms with Gasteiger partial charge in [-0.25, -0.2) is 4.68 Å². The van der Waals surface area contributed by atoms with E-state index in [1.165, 1.54) is 6.42 Å². The number of benzene rings is 1. The first-order valence-corrected chi connectivity index (χ1v) is 9.97. The van der Waals surface area contributed by atoms with Crippen molar-refractivity contribution < 1.29 is 9.53 Å². The van der Waals surface area contributed by atoms with E-state index in [9.17, 15) is 4.79 Å². The Balaban J connectivity index is 0.00000240. The number of methoxy groups -OCH3 is 1. The molecule has 0 bridgehead atoms. The van der Waals surface area contributed by atoms with Crippen LogP contribution in [0, 0.1) is 12.3 Å². The number of ether oxygens (including phenoxy) is 1. The van der Waals surface area contributed by atoms with Crippen LogP contribution in [0.5, 0.6) is 5.75 Å². The molecule has 2 aromatic rings. The van der Waals surface area contributed by atoms with Gasteiger partial charge in [0.15, 0.2) is 0 Å². The number of likely N-dealkylation sites (tertiary alicyclic amines) is 1. The molecule has 1 aromatic carbocycles. The van der Waals surface area contributed by atoms with Crippen LogP contribution < -0.4 is 10.1 Å². The summed E-state index contributed by atoms with van der Waals surface area (Å²) in [6, 6.07) is 7.38. The van der Waals surface area contributed by atoms with Crippen molar-refractivity contribution in [2.45, 2.75) is 38.6 Å². The van der Waals surface area contributed by atoms with Gasteiger partial charge in [0.25, 0.3) is 0 Å². The zero-order valence-electron chi connectivity index (χ0n) is 17.0. The summed E-state index contributed by atoms with van der Waals surface area (Å²) < 4.78 is 6.99. The molecule has 1 aromatic heterocycles. The number of carbonyl (C=O) groups excluding carboxylic acids is 1. The summed E-state index contributed by atoms with van der Waals surface area (Å²) in [7, 11) is 1.65. The van der Waals surface area contributed by atoms with E-state index in [0.29, 0.717) is 17.7 Å². The Morgan fingerprint density at radius 2 is 2.10 bits per heavy atom. The fourth-order valence-corrected chi connectivity index (χ4v) is 4.46. The molecule has 9 heteroatoms. The van der Waals surface area contributed by atoms with Gasteiger partial charge in [0.1, 0.15) is 17.6 Å². The molecule has 29 heavy (non-hydrogen) atoms. The maximum atomic E-state index is 13.5. The predicted octanol–water partition coefficient (Wildman–Crippen LogP) is 1.80. The summed E-state index contributed by atoms with van der Waals surface area (Å²) in [5.74, 6) is 1.53. The van der Waals surface area contributed by atoms with Crippen LogP contribution in [0.15, 0.2) is 24.3 Å². The van der Waals surface area contributed by atoms with E-state index in [-0.39, 0.29) is 18.3 Å². The lowest BCUT2D eigenvalue weighted by Crippen LogP contribution is -2.47. The summed E-state index contributed by atoms with van der Waals surface area (Å²) in [4.78, 5) is 15.5. The number of hydrogen-bond donors (Lipinski definition) is 1. The first kappa shape index (κ1) is 21.5. The number of amides is 1. The van der Waals surface area contributed by atoms with Crippen molar-refractivity contribution >= 4 is 18.3 Å². The van der Waals surface area contributed by atoms with Crippen molar-refractivity contribution in [2.75, 3.05) is 33.3 Å². The van der Waals surface area contributed by atoms with Crippen LogP contribution in [0.2, 0.25) is 0 Å². The van der Waals surface area contributed by atoms with Crippen molar-refractivity contribution in [1.29, 1.82) is 0 Å². The molecule has 2 saturated heterocycles. The summed E-state index contributed by atoms with van der Waals surface area (Å²) in [5.41, 5.74) is 1.41. The molecule has 1 N–H and O–H groups in total. The molecule has 8 nitrogen and oxygen atoms in total. The molecule has 2 aliphatic heterocycles. The number of aromatic nitrogens is 4. The van der Waals surface area contributed by atoms with E-state index in [2.05, 4.69) is 20.8 Å². The second-order valence-corrected chi connectivity index (χ2v) is 7.99. The molecule has 2 fully saturated rings. The quantitative estimate of drug-likeness (QED) is 0.793. The van der Waals surface area contributed by atoms with Gasteiger partial charge in [-0.15, -0.1) is 17.5 Å². The minimum Gasteiger partial charge on any atom is -0.497 e. The molecule has 1 unspecified atom stereocenters. The Kier molecular flexibility index (Phi) is 6.74. The average molecular weight is 421 g/mol. The van der Waals surface area contributed by atoms with Crippen molar-refractivity contribution in [3.63, 3.8) is 0 Å². The van der Waals surface area contributed by atoms with Crippen LogP contribution in [-0.2, 0) is 11.2 Å². The number of nitrogens with zero attached hydrogens (tertiary/aromatic N) is 5. The first-order chi connectivity index (χ1) is 13.6. The Morgan fingerprint density at radius 1 is 1.31 bits per heavy atom. The van der Waals surface area contributed by atoms with E-state index in [4.69, 9.17) is 4.74 Å². The molecule has 1 amide bonds. The standard InChI is InChI=1S/C20H28N6O2.ClH/c1-15-22-23-24-26(15)18(13-16-4-3-5-17(12-16)28-2)19(27)25-10-7-20(8-11-25)6-9-21-14-20;/h3-5,12,18,21H,6-11,13-14H2,1-2H3;1H. The van der Waals surface area contributed by atoms with Gasteiger partial charge in [-0.1, -0.05) is 12.1 Å². The average Bonchev–Trinajstić information content (AvgIpc) is 3.35. The monoisotopic (exact) mass is 420 g/mol. The highest BCUT2D eigenvalue weighted by molar-refractivity contribution is 5.85. The zero-order valence-corrected chi connectivity index (χ0v) is 17.8. The van der Waals surface area contributed by atoms with Crippen molar-refractivity contribution in [1.82, 2.24) is 30.4 Å². The SMILES string of the molecule is COc1cccc(CC(C(=O)N2CCC3(CCNC3)CC2)n2nnnc2C)c1.Cl. The van der Waals surface area contributed by atoms with Gasteiger partial charge in [-0.3, -0.25) is 4.79 Å². The number of aryl methyl sites for hydroxylation is 1. The fourth-order valence-electron chi connectivity index (χ4n) is 4.46. The number of tetrazole rings is 1. The molecular weight excluding hydrogens is 392 g/mol. The molecule has 1 spiro atoms. The second kappa shape index (κ2) is 9.09. The third-order valence-electron chi connectivity index (χ3n) is 6.27. The van der Waals surface area contributed by atoms with Crippen LogP contribution in [0.1, 0.15) is 36.7 Å². The van der Waals surface area contributed by atoms with Gasteiger partial charge < -0.3 is 15.0 Å². The number of carbonyl (C=O) groups is 1. The predicted molar refractivity (Wildman–Crippen MR) is 111 cm³/mol. The summed E-state index contributed by atoms with van der Waals surface area (Å²) in [6.45, 7) is 5.61. The van der Waals surface area contributed by atoms with Gasteiger partial charge in [0.2, 0.25) is 5.91 Å². The largest absolute Gasteiger partial charge is 0.497 e. The van der Waals surface area contributed by atoms with Crippen LogP contribution in [0.4, 0.5) is 0 Å². The third kappa shape index (κ3) is 4.53. The van der Waals surface area contributed by atoms with Crippen molar-refractivity contribution in [2.24, 2.45) is 5.41 Å². The lowest BCUT2D eigenvalue weighted by molar-refractivity contribution is -0.137. The molecule has 0 aliphatic carbocycles. The minimum absolute atomic E-state index is 0. The molecule has 0 radical (unpaired) electrons. The molecular formula is C20H29ClN6O2. The van der Waals surface area contributed by atoms with Gasteiger partial charge in [0.05, 0.1) is 7.11 Å². The first-order valence-electron chi connectivity index (χ1n) is 9.97. The van der Waals surface area contributed by atoms with Crippen molar-refractivity contribution in [3.05, 3.63) is 35.7 Å². The number of piperidine rings is 1. The number of rotatable bonds is 5. The van der Waals surface area contributed by atoms with Crippen LogP contribution >= 0.6 is 12.4 Å². The summed E-state index contributed by atoms with van der Waals surface area (Å²) in [5, 5.41) is 15.3. The van der Waals surface area contributed by atoms with E-state index in [0.717, 1.165) is 50.3 Å². The van der Waals surface area contributed by atoms with Gasteiger partial charge in [0, 0.05) is 26.1 Å². The minimum atomic E-state index is -0.446. The number of hydrogen-bond acceptors (Lipinski definition) is 6. The van der Waals surface area contributed by atoms with Crippen molar-refractivity contribution in [3.8, 4) is 5.75 Å². The van der Waals surface area contributed by atoms with Gasteiger partial charge in [-0.2, -0.15) is 0 Å². The third-order valence-corrected chi connectivity index (χ3v) is 6.27. The fraction of sp³-hybridized carbons (Fsp3) is 0.600. The molecule has 4 rings (SSSR count). The molecule has 1 atom stereocenters.